The monoisotopic (exact) mass is 213 g/mol. The molecule has 2 aliphatic heterocycles. The number of rotatable bonds is 4. The molecule has 0 radical (unpaired) electrons. The molecule has 3 heteroatoms. The van der Waals surface area contributed by atoms with E-state index < -0.39 is 0 Å². The van der Waals surface area contributed by atoms with Crippen molar-refractivity contribution in [3.63, 3.8) is 0 Å². The Morgan fingerprint density at radius 2 is 2.27 bits per heavy atom. The molecular weight excluding hydrogens is 190 g/mol. The van der Waals surface area contributed by atoms with Crippen LogP contribution < -0.4 is 0 Å². The molecule has 0 aromatic rings. The molecule has 3 nitrogen and oxygen atoms in total. The molecule has 2 fully saturated rings. The predicted molar refractivity (Wildman–Crippen MR) is 60.0 cm³/mol. The van der Waals surface area contributed by atoms with Gasteiger partial charge in [-0.1, -0.05) is 0 Å². The van der Waals surface area contributed by atoms with Gasteiger partial charge in [-0.15, -0.1) is 0 Å². The van der Waals surface area contributed by atoms with Crippen LogP contribution in [0, 0.1) is 0 Å². The number of hydrogen-bond donors (Lipinski definition) is 0. The van der Waals surface area contributed by atoms with Crippen molar-refractivity contribution < 1.29 is 9.47 Å². The molecule has 2 rings (SSSR count). The molecule has 88 valence electrons. The van der Waals surface area contributed by atoms with E-state index >= 15 is 0 Å². The fourth-order valence-corrected chi connectivity index (χ4v) is 2.95. The lowest BCUT2D eigenvalue weighted by Crippen LogP contribution is -2.43. The minimum Gasteiger partial charge on any atom is -0.380 e. The first-order chi connectivity index (χ1) is 7.16. The fraction of sp³-hybridized carbons (Fsp3) is 1.00. The van der Waals surface area contributed by atoms with Gasteiger partial charge in [-0.25, -0.2) is 0 Å². The van der Waals surface area contributed by atoms with Crippen molar-refractivity contribution >= 4 is 0 Å². The lowest BCUT2D eigenvalue weighted by Gasteiger charge is -2.32. The maximum absolute atomic E-state index is 5.83. The van der Waals surface area contributed by atoms with E-state index in [4.69, 9.17) is 9.47 Å². The van der Waals surface area contributed by atoms with Gasteiger partial charge in [0.05, 0.1) is 18.8 Å². The molecule has 1 unspecified atom stereocenters. The Bertz CT molecular complexity index is 220. The van der Waals surface area contributed by atoms with Gasteiger partial charge < -0.3 is 9.47 Å². The van der Waals surface area contributed by atoms with Crippen LogP contribution in [-0.4, -0.2) is 49.5 Å². The molecular formula is C12H23NO2. The quantitative estimate of drug-likeness (QED) is 0.709. The van der Waals surface area contributed by atoms with Gasteiger partial charge in [0.25, 0.3) is 0 Å². The maximum atomic E-state index is 5.83. The molecule has 0 spiro atoms. The second-order valence-electron chi connectivity index (χ2n) is 5.20. The Kier molecular flexibility index (Phi) is 3.33. The molecule has 15 heavy (non-hydrogen) atoms. The highest BCUT2D eigenvalue weighted by Gasteiger charge is 2.48. The van der Waals surface area contributed by atoms with Crippen LogP contribution >= 0.6 is 0 Å². The summed E-state index contributed by atoms with van der Waals surface area (Å²) in [5.74, 6) is 0. The van der Waals surface area contributed by atoms with Crippen molar-refractivity contribution in [3.8, 4) is 0 Å². The van der Waals surface area contributed by atoms with Crippen LogP contribution in [0.5, 0.6) is 0 Å². The van der Waals surface area contributed by atoms with Gasteiger partial charge in [-0.05, 0) is 39.7 Å². The van der Waals surface area contributed by atoms with Crippen LogP contribution in [0.4, 0.5) is 0 Å². The first kappa shape index (κ1) is 11.4. The van der Waals surface area contributed by atoms with Gasteiger partial charge in [-0.3, -0.25) is 4.90 Å². The van der Waals surface area contributed by atoms with Crippen molar-refractivity contribution in [2.45, 2.75) is 50.9 Å². The van der Waals surface area contributed by atoms with Gasteiger partial charge in [0, 0.05) is 19.2 Å². The Labute approximate surface area is 92.7 Å². The van der Waals surface area contributed by atoms with E-state index in [-0.39, 0.29) is 0 Å². The molecule has 2 atom stereocenters. The van der Waals surface area contributed by atoms with E-state index in [1.165, 1.54) is 19.4 Å². The smallest absolute Gasteiger partial charge is 0.0716 e. The van der Waals surface area contributed by atoms with Gasteiger partial charge in [0.2, 0.25) is 0 Å². The molecule has 0 bridgehead atoms. The van der Waals surface area contributed by atoms with Crippen LogP contribution in [0.1, 0.15) is 33.1 Å². The van der Waals surface area contributed by atoms with Crippen molar-refractivity contribution in [2.24, 2.45) is 0 Å². The van der Waals surface area contributed by atoms with Crippen LogP contribution in [0.2, 0.25) is 0 Å². The molecule has 0 aliphatic carbocycles. The van der Waals surface area contributed by atoms with Gasteiger partial charge in [-0.2, -0.15) is 0 Å². The molecule has 0 aromatic carbocycles. The van der Waals surface area contributed by atoms with Crippen molar-refractivity contribution in [1.29, 1.82) is 0 Å². The summed E-state index contributed by atoms with van der Waals surface area (Å²) < 4.78 is 11.3. The average molecular weight is 213 g/mol. The summed E-state index contributed by atoms with van der Waals surface area (Å²) in [6, 6.07) is 0. The first-order valence-electron chi connectivity index (χ1n) is 6.06. The topological polar surface area (TPSA) is 21.7 Å². The average Bonchev–Trinajstić information content (AvgIpc) is 2.70. The summed E-state index contributed by atoms with van der Waals surface area (Å²) in [6.45, 7) is 7.42. The van der Waals surface area contributed by atoms with E-state index in [1.807, 2.05) is 7.11 Å². The molecule has 0 aromatic heterocycles. The normalized spacial score (nSPS) is 36.4. The molecule has 2 aliphatic rings. The zero-order chi connectivity index (χ0) is 10.9. The van der Waals surface area contributed by atoms with Gasteiger partial charge in [0.1, 0.15) is 0 Å². The highest BCUT2D eigenvalue weighted by atomic mass is 16.5. The molecule has 2 heterocycles. The summed E-state index contributed by atoms with van der Waals surface area (Å²) in [6.07, 6.45) is 4.50. The Morgan fingerprint density at radius 1 is 1.47 bits per heavy atom. The zero-order valence-corrected chi connectivity index (χ0v) is 10.2. The van der Waals surface area contributed by atoms with E-state index in [9.17, 15) is 0 Å². The minimum atomic E-state index is 0.297. The van der Waals surface area contributed by atoms with Crippen LogP contribution in [0.3, 0.4) is 0 Å². The molecule has 0 N–H and O–H groups in total. The summed E-state index contributed by atoms with van der Waals surface area (Å²) in [7, 11) is 1.82. The molecule has 0 saturated carbocycles. The summed E-state index contributed by atoms with van der Waals surface area (Å²) >= 11 is 0. The largest absolute Gasteiger partial charge is 0.380 e. The standard InChI is InChI=1S/C12H23NO2/c1-10(2)15-9-12-5-4-6-13(12)8-11(7-12)14-3/h10-11H,4-9H2,1-3H3/t11?,12-/m0/s1. The summed E-state index contributed by atoms with van der Waals surface area (Å²) in [5.41, 5.74) is 0.297. The lowest BCUT2D eigenvalue weighted by atomic mass is 9.94. The minimum absolute atomic E-state index is 0.297. The van der Waals surface area contributed by atoms with E-state index in [0.717, 1.165) is 19.6 Å². The molecule has 2 saturated heterocycles. The van der Waals surface area contributed by atoms with Crippen LogP contribution in [-0.2, 0) is 9.47 Å². The van der Waals surface area contributed by atoms with Crippen molar-refractivity contribution in [1.82, 2.24) is 4.90 Å². The van der Waals surface area contributed by atoms with E-state index in [1.54, 1.807) is 0 Å². The highest BCUT2D eigenvalue weighted by molar-refractivity contribution is 5.03. The summed E-state index contributed by atoms with van der Waals surface area (Å²) in [5, 5.41) is 0. The number of fused-ring (bicyclic) bond motifs is 1. The van der Waals surface area contributed by atoms with Gasteiger partial charge in [0.15, 0.2) is 0 Å². The Hall–Kier alpha value is -0.120. The number of ether oxygens (including phenoxy) is 2. The Balaban J connectivity index is 1.97. The number of hydrogen-bond acceptors (Lipinski definition) is 3. The predicted octanol–water partition coefficient (Wildman–Crippen LogP) is 1.66. The second kappa shape index (κ2) is 4.40. The van der Waals surface area contributed by atoms with Crippen molar-refractivity contribution in [2.75, 3.05) is 26.8 Å². The molecule has 0 amide bonds. The highest BCUT2D eigenvalue weighted by Crippen LogP contribution is 2.40. The van der Waals surface area contributed by atoms with E-state index in [0.29, 0.717) is 17.7 Å². The third-order valence-corrected chi connectivity index (χ3v) is 3.79. The zero-order valence-electron chi connectivity index (χ0n) is 10.2. The first-order valence-corrected chi connectivity index (χ1v) is 6.06. The number of methoxy groups -OCH3 is 1. The third-order valence-electron chi connectivity index (χ3n) is 3.79. The number of nitrogens with zero attached hydrogens (tertiary/aromatic N) is 1. The lowest BCUT2D eigenvalue weighted by molar-refractivity contribution is 0.00185. The van der Waals surface area contributed by atoms with Crippen molar-refractivity contribution in [3.05, 3.63) is 0 Å². The van der Waals surface area contributed by atoms with Gasteiger partial charge >= 0.3 is 0 Å². The third kappa shape index (κ3) is 2.19. The summed E-state index contributed by atoms with van der Waals surface area (Å²) in [4.78, 5) is 2.57. The SMILES string of the molecule is COC1CN2CCC[C@@]2(COC(C)C)C1. The Morgan fingerprint density at radius 3 is 2.93 bits per heavy atom. The van der Waals surface area contributed by atoms with Crippen LogP contribution in [0.15, 0.2) is 0 Å². The second-order valence-corrected chi connectivity index (χ2v) is 5.20. The van der Waals surface area contributed by atoms with Crippen LogP contribution in [0.25, 0.3) is 0 Å². The van der Waals surface area contributed by atoms with E-state index in [2.05, 4.69) is 18.7 Å². The maximum Gasteiger partial charge on any atom is 0.0716 e. The fourth-order valence-electron chi connectivity index (χ4n) is 2.95.